The molecule has 0 saturated carbocycles. The Morgan fingerprint density at radius 3 is 2.68 bits per heavy atom. The highest BCUT2D eigenvalue weighted by Gasteiger charge is 2.07. The smallest absolute Gasteiger partial charge is 0.250 e. The predicted octanol–water partition coefficient (Wildman–Crippen LogP) is 5.72. The minimum absolute atomic E-state index is 0.165. The van der Waals surface area contributed by atoms with Crippen LogP contribution in [0.1, 0.15) is 24.3 Å². The van der Waals surface area contributed by atoms with Crippen molar-refractivity contribution in [3.8, 4) is 11.3 Å². The van der Waals surface area contributed by atoms with Crippen LogP contribution in [0.5, 0.6) is 0 Å². The van der Waals surface area contributed by atoms with Crippen LogP contribution in [0.2, 0.25) is 0 Å². The molecule has 0 atom stereocenters. The second-order valence-electron chi connectivity index (χ2n) is 6.17. The third-order valence-corrected chi connectivity index (χ3v) is 5.17. The predicted molar refractivity (Wildman–Crippen MR) is 108 cm³/mol. The molecule has 0 fully saturated rings. The first-order valence-electron chi connectivity index (χ1n) is 8.17. The van der Waals surface area contributed by atoms with Gasteiger partial charge >= 0.3 is 0 Å². The topological polar surface area (TPSA) is 42.0 Å². The molecule has 3 rings (SSSR count). The lowest BCUT2D eigenvalue weighted by molar-refractivity contribution is -0.111. The average molecular weight is 369 g/mol. The van der Waals surface area contributed by atoms with Crippen LogP contribution in [-0.2, 0) is 11.2 Å². The van der Waals surface area contributed by atoms with Gasteiger partial charge in [0.15, 0.2) is 5.13 Å². The fourth-order valence-electron chi connectivity index (χ4n) is 2.44. The van der Waals surface area contributed by atoms with E-state index in [-0.39, 0.29) is 5.91 Å². The van der Waals surface area contributed by atoms with E-state index in [1.807, 2.05) is 29.0 Å². The van der Waals surface area contributed by atoms with Crippen molar-refractivity contribution >= 4 is 39.8 Å². The molecule has 2 heterocycles. The van der Waals surface area contributed by atoms with Gasteiger partial charge in [-0.2, -0.15) is 0 Å². The summed E-state index contributed by atoms with van der Waals surface area (Å²) in [6.45, 7) is 4.44. The van der Waals surface area contributed by atoms with E-state index < -0.39 is 0 Å². The zero-order valence-corrected chi connectivity index (χ0v) is 15.9. The Morgan fingerprint density at radius 1 is 1.20 bits per heavy atom. The quantitative estimate of drug-likeness (QED) is 0.565. The van der Waals surface area contributed by atoms with Gasteiger partial charge in [-0.15, -0.1) is 22.7 Å². The first-order valence-corrected chi connectivity index (χ1v) is 9.93. The number of thiophene rings is 1. The van der Waals surface area contributed by atoms with Gasteiger partial charge in [0.1, 0.15) is 0 Å². The second-order valence-corrected chi connectivity index (χ2v) is 8.01. The highest BCUT2D eigenvalue weighted by atomic mass is 32.1. The maximum Gasteiger partial charge on any atom is 0.250 e. The zero-order valence-electron chi connectivity index (χ0n) is 14.2. The van der Waals surface area contributed by atoms with Gasteiger partial charge in [-0.05, 0) is 35.4 Å². The Labute approximate surface area is 156 Å². The van der Waals surface area contributed by atoms with E-state index in [1.165, 1.54) is 23.0 Å². The summed E-state index contributed by atoms with van der Waals surface area (Å²) in [6.07, 6.45) is 4.42. The minimum atomic E-state index is -0.165. The Hall–Kier alpha value is -2.24. The molecule has 0 bridgehead atoms. The number of amides is 1. The van der Waals surface area contributed by atoms with Gasteiger partial charge in [0.2, 0.25) is 5.91 Å². The molecule has 25 heavy (non-hydrogen) atoms. The van der Waals surface area contributed by atoms with Crippen LogP contribution >= 0.6 is 22.7 Å². The molecule has 0 aliphatic carbocycles. The molecule has 0 spiro atoms. The maximum atomic E-state index is 12.0. The summed E-state index contributed by atoms with van der Waals surface area (Å²) in [6, 6.07) is 12.4. The molecule has 3 aromatic rings. The molecule has 2 aromatic heterocycles. The van der Waals surface area contributed by atoms with E-state index in [0.717, 1.165) is 22.6 Å². The van der Waals surface area contributed by atoms with Gasteiger partial charge < -0.3 is 0 Å². The molecule has 1 aromatic carbocycles. The fraction of sp³-hybridized carbons (Fsp3) is 0.200. The van der Waals surface area contributed by atoms with Gasteiger partial charge in [-0.25, -0.2) is 4.98 Å². The molecule has 1 N–H and O–H groups in total. The first kappa shape index (κ1) is 17.6. The van der Waals surface area contributed by atoms with Crippen molar-refractivity contribution in [2.24, 2.45) is 5.92 Å². The van der Waals surface area contributed by atoms with E-state index in [9.17, 15) is 4.79 Å². The Kier molecular flexibility index (Phi) is 5.79. The SMILES string of the molecule is CC(C)Cc1ccc(-c2csc(NC(=O)C=Cc3cccs3)n2)cc1. The number of aromatic nitrogens is 1. The van der Waals surface area contributed by atoms with Crippen molar-refractivity contribution < 1.29 is 4.79 Å². The molecule has 1 amide bonds. The maximum absolute atomic E-state index is 12.0. The number of hydrogen-bond acceptors (Lipinski definition) is 4. The molecule has 3 nitrogen and oxygen atoms in total. The number of thiazole rings is 1. The third-order valence-electron chi connectivity index (χ3n) is 3.57. The molecule has 5 heteroatoms. The fourth-order valence-corrected chi connectivity index (χ4v) is 3.78. The van der Waals surface area contributed by atoms with Crippen LogP contribution in [0.15, 0.2) is 53.2 Å². The molecule has 0 radical (unpaired) electrons. The van der Waals surface area contributed by atoms with E-state index in [1.54, 1.807) is 11.3 Å². The van der Waals surface area contributed by atoms with Crippen molar-refractivity contribution in [1.82, 2.24) is 4.98 Å². The van der Waals surface area contributed by atoms with Crippen molar-refractivity contribution in [3.63, 3.8) is 0 Å². The van der Waals surface area contributed by atoms with Crippen LogP contribution in [0.4, 0.5) is 5.13 Å². The van der Waals surface area contributed by atoms with Crippen molar-refractivity contribution in [2.75, 3.05) is 5.32 Å². The van der Waals surface area contributed by atoms with Gasteiger partial charge in [0.05, 0.1) is 5.69 Å². The normalized spacial score (nSPS) is 11.3. The summed E-state index contributed by atoms with van der Waals surface area (Å²) in [7, 11) is 0. The third kappa shape index (κ3) is 5.11. The number of nitrogens with one attached hydrogen (secondary N) is 1. The molecular formula is C20H20N2OS2. The Bertz CT molecular complexity index is 846. The van der Waals surface area contributed by atoms with Crippen LogP contribution in [0.25, 0.3) is 17.3 Å². The number of rotatable bonds is 6. The van der Waals surface area contributed by atoms with Gasteiger partial charge in [0, 0.05) is 21.9 Å². The highest BCUT2D eigenvalue weighted by Crippen LogP contribution is 2.25. The zero-order chi connectivity index (χ0) is 17.6. The number of carbonyl (C=O) groups excluding carboxylic acids is 1. The number of anilines is 1. The van der Waals surface area contributed by atoms with Crippen molar-refractivity contribution in [2.45, 2.75) is 20.3 Å². The first-order chi connectivity index (χ1) is 12.1. The summed E-state index contributed by atoms with van der Waals surface area (Å²) in [4.78, 5) is 17.5. The lowest BCUT2D eigenvalue weighted by Crippen LogP contribution is -2.07. The summed E-state index contributed by atoms with van der Waals surface area (Å²) in [5, 5.41) is 7.38. The van der Waals surface area contributed by atoms with Gasteiger partial charge in [-0.3, -0.25) is 10.1 Å². The van der Waals surface area contributed by atoms with Crippen LogP contribution in [0, 0.1) is 5.92 Å². The molecule has 0 aliphatic heterocycles. The second kappa shape index (κ2) is 8.23. The summed E-state index contributed by atoms with van der Waals surface area (Å²) >= 11 is 3.03. The monoisotopic (exact) mass is 368 g/mol. The van der Waals surface area contributed by atoms with Crippen molar-refractivity contribution in [1.29, 1.82) is 0 Å². The van der Waals surface area contributed by atoms with E-state index in [0.29, 0.717) is 11.0 Å². The summed E-state index contributed by atoms with van der Waals surface area (Å²) in [5.74, 6) is 0.482. The Balaban J connectivity index is 1.63. The number of nitrogens with zero attached hydrogens (tertiary/aromatic N) is 1. The number of hydrogen-bond donors (Lipinski definition) is 1. The summed E-state index contributed by atoms with van der Waals surface area (Å²) in [5.41, 5.74) is 3.29. The largest absolute Gasteiger partial charge is 0.298 e. The van der Waals surface area contributed by atoms with Crippen LogP contribution < -0.4 is 5.32 Å². The minimum Gasteiger partial charge on any atom is -0.298 e. The van der Waals surface area contributed by atoms with Crippen molar-refractivity contribution in [3.05, 3.63) is 63.7 Å². The molecule has 0 unspecified atom stereocenters. The average Bonchev–Trinajstić information content (AvgIpc) is 3.25. The van der Waals surface area contributed by atoms with Crippen LogP contribution in [-0.4, -0.2) is 10.9 Å². The highest BCUT2D eigenvalue weighted by molar-refractivity contribution is 7.14. The molecular weight excluding hydrogens is 348 g/mol. The lowest BCUT2D eigenvalue weighted by atomic mass is 10.0. The summed E-state index contributed by atoms with van der Waals surface area (Å²) < 4.78 is 0. The van der Waals surface area contributed by atoms with E-state index in [2.05, 4.69) is 48.4 Å². The Morgan fingerprint density at radius 2 is 2.00 bits per heavy atom. The van der Waals surface area contributed by atoms with Gasteiger partial charge in [0.25, 0.3) is 0 Å². The van der Waals surface area contributed by atoms with Gasteiger partial charge in [-0.1, -0.05) is 44.2 Å². The number of carbonyl (C=O) groups is 1. The molecule has 128 valence electrons. The van der Waals surface area contributed by atoms with E-state index >= 15 is 0 Å². The van der Waals surface area contributed by atoms with E-state index in [4.69, 9.17) is 0 Å². The lowest BCUT2D eigenvalue weighted by Gasteiger charge is -2.05. The number of benzene rings is 1. The standard InChI is InChI=1S/C20H20N2OS2/c1-14(2)12-15-5-7-16(8-6-15)18-13-25-20(21-18)22-19(23)10-9-17-4-3-11-24-17/h3-11,13-14H,12H2,1-2H3,(H,21,22,23). The molecule has 0 aliphatic rings. The molecule has 0 saturated heterocycles. The van der Waals surface area contributed by atoms with Crippen LogP contribution in [0.3, 0.4) is 0 Å².